The van der Waals surface area contributed by atoms with Crippen LogP contribution in [0.2, 0.25) is 0 Å². The van der Waals surface area contributed by atoms with Crippen molar-refractivity contribution in [2.75, 3.05) is 4.90 Å². The van der Waals surface area contributed by atoms with Gasteiger partial charge in [0.25, 0.3) is 0 Å². The molecule has 6 rings (SSSR count). The van der Waals surface area contributed by atoms with Crippen molar-refractivity contribution in [1.29, 1.82) is 0 Å². The van der Waals surface area contributed by atoms with Crippen LogP contribution in [-0.2, 0) is 9.59 Å². The summed E-state index contributed by atoms with van der Waals surface area (Å²) in [6.45, 7) is 2.03. The summed E-state index contributed by atoms with van der Waals surface area (Å²) in [5.74, 6) is 0.317. The van der Waals surface area contributed by atoms with Gasteiger partial charge in [0.05, 0.1) is 17.0 Å². The van der Waals surface area contributed by atoms with Gasteiger partial charge in [-0.25, -0.2) is 4.90 Å². The molecule has 2 saturated carbocycles. The normalized spacial score (nSPS) is 36.7. The molecule has 3 nitrogen and oxygen atoms in total. The molecule has 2 aromatic rings. The van der Waals surface area contributed by atoms with E-state index in [9.17, 15) is 9.59 Å². The molecule has 3 fully saturated rings. The van der Waals surface area contributed by atoms with Gasteiger partial charge in [-0.1, -0.05) is 42.5 Å². The Morgan fingerprint density at radius 1 is 1.00 bits per heavy atom. The van der Waals surface area contributed by atoms with Crippen molar-refractivity contribution in [3.8, 4) is 0 Å². The number of hydrogen-bond acceptors (Lipinski definition) is 2. The third-order valence-electron chi connectivity index (χ3n) is 7.41. The molecule has 3 aliphatic carbocycles. The molecule has 25 heavy (non-hydrogen) atoms. The van der Waals surface area contributed by atoms with Crippen LogP contribution in [0, 0.1) is 28.6 Å². The number of imide groups is 1. The molecule has 124 valence electrons. The average molecular weight is 329 g/mol. The molecule has 0 unspecified atom stereocenters. The van der Waals surface area contributed by atoms with Crippen molar-refractivity contribution < 1.29 is 9.59 Å². The number of benzene rings is 2. The summed E-state index contributed by atoms with van der Waals surface area (Å²) in [5.41, 5.74) is 0.382. The van der Waals surface area contributed by atoms with E-state index in [1.54, 1.807) is 0 Å². The molecule has 1 spiro atoms. The van der Waals surface area contributed by atoms with Crippen molar-refractivity contribution in [3.63, 3.8) is 0 Å². The minimum absolute atomic E-state index is 0.000839. The molecule has 4 atom stereocenters. The van der Waals surface area contributed by atoms with E-state index in [-0.39, 0.29) is 35.0 Å². The molecule has 0 radical (unpaired) electrons. The van der Waals surface area contributed by atoms with Crippen LogP contribution >= 0.6 is 0 Å². The number of rotatable bonds is 1. The van der Waals surface area contributed by atoms with Gasteiger partial charge in [0.15, 0.2) is 0 Å². The van der Waals surface area contributed by atoms with Crippen LogP contribution in [-0.4, -0.2) is 11.8 Å². The maximum absolute atomic E-state index is 13.4. The highest BCUT2D eigenvalue weighted by Crippen LogP contribution is 2.77. The summed E-state index contributed by atoms with van der Waals surface area (Å²) in [6, 6.07) is 13.9. The van der Waals surface area contributed by atoms with Crippen LogP contribution in [0.4, 0.5) is 5.69 Å². The fourth-order valence-electron chi connectivity index (χ4n) is 6.13. The summed E-state index contributed by atoms with van der Waals surface area (Å²) in [4.78, 5) is 28.2. The lowest BCUT2D eigenvalue weighted by Crippen LogP contribution is -2.39. The monoisotopic (exact) mass is 329 g/mol. The standard InChI is InChI=1S/C22H19NO2/c1-21-17-9-8-16(22(17)10-11-22)18(21)19(24)23(20(21)25)15-7-6-13-4-2-3-5-14(13)12-15/h2-9,12,16-18H,10-11H2,1H3/t16-,17-,18-,21-/m1/s1. The Bertz CT molecular complexity index is 1000. The zero-order valence-corrected chi connectivity index (χ0v) is 14.1. The second-order valence-electron chi connectivity index (χ2n) is 8.39. The smallest absolute Gasteiger partial charge is 0.241 e. The van der Waals surface area contributed by atoms with Crippen molar-refractivity contribution >= 4 is 28.3 Å². The van der Waals surface area contributed by atoms with Gasteiger partial charge in [0.2, 0.25) is 11.8 Å². The fourth-order valence-corrected chi connectivity index (χ4v) is 6.13. The summed E-state index contributed by atoms with van der Waals surface area (Å²) in [7, 11) is 0. The highest BCUT2D eigenvalue weighted by Gasteiger charge is 2.78. The van der Waals surface area contributed by atoms with E-state index in [2.05, 4.69) is 12.2 Å². The number of carbonyl (C=O) groups excluding carboxylic acids is 2. The lowest BCUT2D eigenvalue weighted by Gasteiger charge is -2.29. The fraction of sp³-hybridized carbons (Fsp3) is 0.364. The molecule has 1 heterocycles. The Labute approximate surface area is 146 Å². The first-order valence-electron chi connectivity index (χ1n) is 9.13. The number of anilines is 1. The third-order valence-corrected chi connectivity index (χ3v) is 7.41. The van der Waals surface area contributed by atoms with Crippen LogP contribution in [0.1, 0.15) is 19.8 Å². The minimum atomic E-state index is -0.557. The van der Waals surface area contributed by atoms with Gasteiger partial charge in [-0.3, -0.25) is 9.59 Å². The van der Waals surface area contributed by atoms with E-state index >= 15 is 0 Å². The van der Waals surface area contributed by atoms with Gasteiger partial charge in [0.1, 0.15) is 0 Å². The number of hydrogen-bond donors (Lipinski definition) is 0. The molecule has 2 amide bonds. The Hall–Kier alpha value is -2.42. The first kappa shape index (κ1) is 13.8. The van der Waals surface area contributed by atoms with Crippen molar-refractivity contribution in [3.05, 3.63) is 54.6 Å². The molecule has 2 aromatic carbocycles. The molecule has 0 N–H and O–H groups in total. The zero-order chi connectivity index (χ0) is 17.0. The summed E-state index contributed by atoms with van der Waals surface area (Å²) >= 11 is 0. The number of carbonyl (C=O) groups is 2. The third kappa shape index (κ3) is 1.37. The van der Waals surface area contributed by atoms with Crippen LogP contribution in [0.5, 0.6) is 0 Å². The van der Waals surface area contributed by atoms with Gasteiger partial charge < -0.3 is 0 Å². The lowest BCUT2D eigenvalue weighted by molar-refractivity contribution is -0.127. The van der Waals surface area contributed by atoms with E-state index in [4.69, 9.17) is 0 Å². The quantitative estimate of drug-likeness (QED) is 0.587. The Morgan fingerprint density at radius 2 is 1.76 bits per heavy atom. The number of allylic oxidation sites excluding steroid dienone is 2. The minimum Gasteiger partial charge on any atom is -0.274 e. The molecule has 1 aliphatic heterocycles. The van der Waals surface area contributed by atoms with E-state index < -0.39 is 5.41 Å². The van der Waals surface area contributed by atoms with Crippen LogP contribution < -0.4 is 4.90 Å². The SMILES string of the molecule is C[C@]12C(=O)N(c3ccc4ccccc4c3)C(=O)[C@H]1[C@H]1C=C[C@H]2C12CC2. The van der Waals surface area contributed by atoms with Gasteiger partial charge in [0, 0.05) is 0 Å². The van der Waals surface area contributed by atoms with Gasteiger partial charge in [-0.2, -0.15) is 0 Å². The second kappa shape index (κ2) is 4.04. The topological polar surface area (TPSA) is 37.4 Å². The van der Waals surface area contributed by atoms with Crippen LogP contribution in [0.3, 0.4) is 0 Å². The van der Waals surface area contributed by atoms with E-state index in [1.165, 1.54) is 4.90 Å². The first-order chi connectivity index (χ1) is 12.1. The Balaban J connectivity index is 1.49. The summed E-state index contributed by atoms with van der Waals surface area (Å²) in [5, 5.41) is 2.18. The van der Waals surface area contributed by atoms with Crippen LogP contribution in [0.15, 0.2) is 54.6 Å². The molecule has 2 bridgehead atoms. The Kier molecular flexibility index (Phi) is 2.23. The predicted molar refractivity (Wildman–Crippen MR) is 95.8 cm³/mol. The first-order valence-corrected chi connectivity index (χ1v) is 9.13. The van der Waals surface area contributed by atoms with Crippen LogP contribution in [0.25, 0.3) is 10.8 Å². The van der Waals surface area contributed by atoms with Gasteiger partial charge in [-0.05, 0) is 59.9 Å². The zero-order valence-electron chi connectivity index (χ0n) is 14.1. The van der Waals surface area contributed by atoms with E-state index in [1.807, 2.05) is 49.4 Å². The van der Waals surface area contributed by atoms with Crippen molar-refractivity contribution in [1.82, 2.24) is 0 Å². The highest BCUT2D eigenvalue weighted by atomic mass is 16.2. The van der Waals surface area contributed by atoms with Gasteiger partial charge >= 0.3 is 0 Å². The number of nitrogens with zero attached hydrogens (tertiary/aromatic N) is 1. The largest absolute Gasteiger partial charge is 0.274 e. The molecular weight excluding hydrogens is 310 g/mol. The molecule has 1 saturated heterocycles. The molecule has 0 aromatic heterocycles. The summed E-state index contributed by atoms with van der Waals surface area (Å²) in [6.07, 6.45) is 6.78. The van der Waals surface area contributed by atoms with Crippen molar-refractivity contribution in [2.24, 2.45) is 28.6 Å². The number of amides is 2. The average Bonchev–Trinajstić information content (AvgIpc) is 3.24. The summed E-state index contributed by atoms with van der Waals surface area (Å²) < 4.78 is 0. The van der Waals surface area contributed by atoms with E-state index in [0.29, 0.717) is 5.69 Å². The molecule has 4 aliphatic rings. The van der Waals surface area contributed by atoms with Gasteiger partial charge in [-0.15, -0.1) is 0 Å². The second-order valence-corrected chi connectivity index (χ2v) is 8.39. The molecular formula is C22H19NO2. The lowest BCUT2D eigenvalue weighted by atomic mass is 9.71. The Morgan fingerprint density at radius 3 is 2.48 bits per heavy atom. The highest BCUT2D eigenvalue weighted by molar-refractivity contribution is 6.25. The predicted octanol–water partition coefficient (Wildman–Crippen LogP) is 3.93. The molecule has 3 heteroatoms. The van der Waals surface area contributed by atoms with E-state index in [0.717, 1.165) is 23.6 Å². The van der Waals surface area contributed by atoms with Crippen molar-refractivity contribution in [2.45, 2.75) is 19.8 Å². The number of fused-ring (bicyclic) bond motifs is 4. The maximum atomic E-state index is 13.4. The maximum Gasteiger partial charge on any atom is 0.241 e.